The Balaban J connectivity index is 1.80. The Labute approximate surface area is 182 Å². The van der Waals surface area contributed by atoms with Gasteiger partial charge in [0.05, 0.1) is 11.5 Å². The number of ether oxygens (including phenoxy) is 1. The number of fused-ring (bicyclic) bond motifs is 1. The molecule has 32 heavy (non-hydrogen) atoms. The molecule has 0 amide bonds. The van der Waals surface area contributed by atoms with E-state index < -0.39 is 22.3 Å². The van der Waals surface area contributed by atoms with Crippen molar-refractivity contribution in [3.8, 4) is 5.75 Å². The predicted octanol–water partition coefficient (Wildman–Crippen LogP) is 1.37. The minimum atomic E-state index is -1.02. The number of aromatic amines is 1. The molecule has 172 valence electrons. The number of aliphatic hydroxyl groups is 1. The smallest absolute Gasteiger partial charge is 0.329 e. The average Bonchev–Trinajstić information content (AvgIpc) is 3.12. The largest absolute Gasteiger partial charge is 0.491 e. The standard InChI is InChI=1S/C20H26N6O6/c1-3-4-5-10-21-19-22-17-16(18(28)23-20(29)24(17)2)25(19)11-14(27)12-32-15-8-6-13(7-9-15)26(30)31/h6-9,14,27H,3-5,10-12H2,1-2H3,(H,21,22)(H,23,28,29)/t14-/m1/s1. The zero-order valence-electron chi connectivity index (χ0n) is 17.9. The number of benzene rings is 1. The number of nitrogens with zero attached hydrogens (tertiary/aromatic N) is 4. The number of aryl methyl sites for hydroxylation is 1. The second kappa shape index (κ2) is 10.1. The highest BCUT2D eigenvalue weighted by Crippen LogP contribution is 2.19. The number of hydrogen-bond acceptors (Lipinski definition) is 8. The van der Waals surface area contributed by atoms with E-state index in [1.807, 2.05) is 0 Å². The van der Waals surface area contributed by atoms with Gasteiger partial charge in [-0.2, -0.15) is 4.98 Å². The van der Waals surface area contributed by atoms with Gasteiger partial charge in [-0.1, -0.05) is 19.8 Å². The lowest BCUT2D eigenvalue weighted by Crippen LogP contribution is -2.31. The van der Waals surface area contributed by atoms with Gasteiger partial charge in [-0.25, -0.2) is 4.79 Å². The van der Waals surface area contributed by atoms with Crippen LogP contribution in [0.15, 0.2) is 33.9 Å². The molecule has 0 aliphatic carbocycles. The molecule has 0 saturated carbocycles. The summed E-state index contributed by atoms with van der Waals surface area (Å²) in [5.41, 5.74) is -0.862. The van der Waals surface area contributed by atoms with Crippen molar-refractivity contribution in [2.75, 3.05) is 18.5 Å². The molecule has 3 N–H and O–H groups in total. The lowest BCUT2D eigenvalue weighted by molar-refractivity contribution is -0.384. The molecule has 2 aromatic heterocycles. The Morgan fingerprint density at radius 2 is 2.00 bits per heavy atom. The maximum Gasteiger partial charge on any atom is 0.329 e. The summed E-state index contributed by atoms with van der Waals surface area (Å²) < 4.78 is 8.29. The van der Waals surface area contributed by atoms with Crippen molar-refractivity contribution in [2.24, 2.45) is 7.05 Å². The van der Waals surface area contributed by atoms with Gasteiger partial charge in [0.2, 0.25) is 5.95 Å². The van der Waals surface area contributed by atoms with E-state index in [-0.39, 0.29) is 30.0 Å². The Morgan fingerprint density at radius 1 is 1.28 bits per heavy atom. The van der Waals surface area contributed by atoms with E-state index in [9.17, 15) is 24.8 Å². The van der Waals surface area contributed by atoms with E-state index >= 15 is 0 Å². The maximum absolute atomic E-state index is 12.5. The molecule has 0 saturated heterocycles. The van der Waals surface area contributed by atoms with Gasteiger partial charge < -0.3 is 19.7 Å². The minimum Gasteiger partial charge on any atom is -0.491 e. The molecule has 0 aliphatic heterocycles. The maximum atomic E-state index is 12.5. The van der Waals surface area contributed by atoms with Crippen LogP contribution in [0, 0.1) is 10.1 Å². The highest BCUT2D eigenvalue weighted by molar-refractivity contribution is 5.74. The van der Waals surface area contributed by atoms with E-state index in [1.165, 1.54) is 40.4 Å². The number of H-pyrrole nitrogens is 1. The molecule has 0 unspecified atom stereocenters. The van der Waals surface area contributed by atoms with Crippen LogP contribution in [0.2, 0.25) is 0 Å². The monoisotopic (exact) mass is 446 g/mol. The molecule has 12 heteroatoms. The SMILES string of the molecule is CCCCCNc1nc2c(c(=O)[nH]c(=O)n2C)n1C[C@@H](O)COc1ccc([N+](=O)[O-])cc1. The third-order valence-electron chi connectivity index (χ3n) is 4.95. The summed E-state index contributed by atoms with van der Waals surface area (Å²) in [5, 5.41) is 24.5. The lowest BCUT2D eigenvalue weighted by atomic mass is 10.2. The van der Waals surface area contributed by atoms with Crippen LogP contribution in [-0.4, -0.2) is 48.4 Å². The van der Waals surface area contributed by atoms with Gasteiger partial charge in [-0.3, -0.25) is 24.5 Å². The first kappa shape index (κ1) is 23.0. The molecule has 2 heterocycles. The Hall–Kier alpha value is -3.67. The lowest BCUT2D eigenvalue weighted by Gasteiger charge is -2.16. The fraction of sp³-hybridized carbons (Fsp3) is 0.450. The van der Waals surface area contributed by atoms with Crippen LogP contribution in [0.25, 0.3) is 11.2 Å². The number of nitro benzene ring substituents is 1. The fourth-order valence-electron chi connectivity index (χ4n) is 3.24. The first-order valence-corrected chi connectivity index (χ1v) is 10.3. The molecule has 1 atom stereocenters. The summed E-state index contributed by atoms with van der Waals surface area (Å²) in [6.07, 6.45) is 1.96. The number of non-ortho nitro benzene ring substituents is 1. The van der Waals surface area contributed by atoms with Gasteiger partial charge in [0, 0.05) is 25.7 Å². The van der Waals surface area contributed by atoms with Crippen molar-refractivity contribution in [3.63, 3.8) is 0 Å². The number of aromatic nitrogens is 4. The predicted molar refractivity (Wildman–Crippen MR) is 118 cm³/mol. The summed E-state index contributed by atoms with van der Waals surface area (Å²) >= 11 is 0. The number of nitro groups is 1. The quantitative estimate of drug-likeness (QED) is 0.226. The second-order valence-electron chi connectivity index (χ2n) is 7.39. The van der Waals surface area contributed by atoms with Gasteiger partial charge in [0.1, 0.15) is 18.5 Å². The van der Waals surface area contributed by atoms with E-state index in [0.29, 0.717) is 18.2 Å². The third kappa shape index (κ3) is 5.14. The molecule has 0 radical (unpaired) electrons. The summed E-state index contributed by atoms with van der Waals surface area (Å²) in [5.74, 6) is 0.737. The van der Waals surface area contributed by atoms with Gasteiger partial charge in [0.15, 0.2) is 11.2 Å². The number of anilines is 1. The van der Waals surface area contributed by atoms with Crippen molar-refractivity contribution in [3.05, 3.63) is 55.2 Å². The highest BCUT2D eigenvalue weighted by Gasteiger charge is 2.20. The number of nitrogens with one attached hydrogen (secondary N) is 2. The summed E-state index contributed by atoms with van der Waals surface area (Å²) in [6, 6.07) is 5.50. The van der Waals surface area contributed by atoms with Crippen molar-refractivity contribution >= 4 is 22.8 Å². The van der Waals surface area contributed by atoms with Gasteiger partial charge in [-0.05, 0) is 18.6 Å². The van der Waals surface area contributed by atoms with E-state index in [4.69, 9.17) is 4.74 Å². The van der Waals surface area contributed by atoms with E-state index in [2.05, 4.69) is 22.2 Å². The van der Waals surface area contributed by atoms with Crippen LogP contribution in [0.3, 0.4) is 0 Å². The molecular weight excluding hydrogens is 420 g/mol. The number of hydrogen-bond donors (Lipinski definition) is 3. The van der Waals surface area contributed by atoms with Crippen molar-refractivity contribution in [1.29, 1.82) is 0 Å². The Bertz CT molecular complexity index is 1200. The molecule has 3 rings (SSSR count). The fourth-order valence-corrected chi connectivity index (χ4v) is 3.24. The van der Waals surface area contributed by atoms with Crippen LogP contribution >= 0.6 is 0 Å². The van der Waals surface area contributed by atoms with Crippen LogP contribution in [-0.2, 0) is 13.6 Å². The van der Waals surface area contributed by atoms with Crippen molar-refractivity contribution in [2.45, 2.75) is 38.8 Å². The second-order valence-corrected chi connectivity index (χ2v) is 7.39. The van der Waals surface area contributed by atoms with Crippen LogP contribution < -0.4 is 21.3 Å². The Kier molecular flexibility index (Phi) is 7.25. The Morgan fingerprint density at radius 3 is 2.66 bits per heavy atom. The third-order valence-corrected chi connectivity index (χ3v) is 4.95. The summed E-state index contributed by atoms with van der Waals surface area (Å²) in [4.78, 5) is 41.3. The number of imidazole rings is 1. The van der Waals surface area contributed by atoms with Crippen LogP contribution in [0.1, 0.15) is 26.2 Å². The first-order valence-electron chi connectivity index (χ1n) is 10.3. The zero-order chi connectivity index (χ0) is 23.3. The number of unbranched alkanes of at least 4 members (excludes halogenated alkanes) is 2. The van der Waals surface area contributed by atoms with Crippen molar-refractivity contribution < 1.29 is 14.8 Å². The normalized spacial score (nSPS) is 12.1. The van der Waals surface area contributed by atoms with Crippen LogP contribution in [0.4, 0.5) is 11.6 Å². The van der Waals surface area contributed by atoms with Gasteiger partial charge in [0.25, 0.3) is 11.2 Å². The summed E-state index contributed by atoms with van der Waals surface area (Å²) in [7, 11) is 1.51. The zero-order valence-corrected chi connectivity index (χ0v) is 17.9. The van der Waals surface area contributed by atoms with Crippen molar-refractivity contribution in [1.82, 2.24) is 19.1 Å². The molecule has 1 aromatic carbocycles. The molecule has 3 aromatic rings. The van der Waals surface area contributed by atoms with Gasteiger partial charge in [-0.15, -0.1) is 0 Å². The summed E-state index contributed by atoms with van der Waals surface area (Å²) in [6.45, 7) is 2.58. The van der Waals surface area contributed by atoms with E-state index in [0.717, 1.165) is 19.3 Å². The average molecular weight is 446 g/mol. The molecular formula is C20H26N6O6. The first-order chi connectivity index (χ1) is 15.3. The van der Waals surface area contributed by atoms with E-state index in [1.54, 1.807) is 0 Å². The van der Waals surface area contributed by atoms with Gasteiger partial charge >= 0.3 is 5.69 Å². The molecule has 0 spiro atoms. The number of rotatable bonds is 11. The molecule has 0 bridgehead atoms. The minimum absolute atomic E-state index is 0.0130. The topological polar surface area (TPSA) is 157 Å². The molecule has 12 nitrogen and oxygen atoms in total. The molecule has 0 fully saturated rings. The van der Waals surface area contributed by atoms with Crippen LogP contribution in [0.5, 0.6) is 5.75 Å². The molecule has 0 aliphatic rings. The number of aliphatic hydroxyl groups excluding tert-OH is 1. The highest BCUT2D eigenvalue weighted by atomic mass is 16.6.